The van der Waals surface area contributed by atoms with Gasteiger partial charge in [0.2, 0.25) is 0 Å². The van der Waals surface area contributed by atoms with E-state index >= 15 is 0 Å². The number of hydrogen-bond acceptors (Lipinski definition) is 4. The van der Waals surface area contributed by atoms with Gasteiger partial charge in [-0.3, -0.25) is 0 Å². The lowest BCUT2D eigenvalue weighted by Crippen LogP contribution is -2.36. The minimum Gasteiger partial charge on any atom is -0.493 e. The lowest BCUT2D eigenvalue weighted by atomic mass is 10.1. The number of benzene rings is 1. The van der Waals surface area contributed by atoms with Crippen LogP contribution in [0.4, 0.5) is 4.79 Å². The summed E-state index contributed by atoms with van der Waals surface area (Å²) < 4.78 is 17.1. The van der Waals surface area contributed by atoms with Gasteiger partial charge >= 0.3 is 6.09 Å². The maximum Gasteiger partial charge on any atom is 0.410 e. The van der Waals surface area contributed by atoms with E-state index in [1.165, 1.54) is 5.56 Å². The van der Waals surface area contributed by atoms with Crippen LogP contribution >= 0.6 is 0 Å². The first kappa shape index (κ1) is 16.0. The largest absolute Gasteiger partial charge is 0.493 e. The van der Waals surface area contributed by atoms with Gasteiger partial charge in [-0.2, -0.15) is 0 Å². The van der Waals surface area contributed by atoms with Crippen molar-refractivity contribution in [2.24, 2.45) is 0 Å². The highest BCUT2D eigenvalue weighted by molar-refractivity contribution is 5.68. The Bertz CT molecular complexity index is 579. The number of likely N-dealkylation sites (tertiary alicyclic amines) is 1. The monoisotopic (exact) mass is 319 g/mol. The molecule has 0 spiro atoms. The SMILES string of the molecule is CC(C)(C)OC(=O)N1CC[C@H](Oc2ccc3c(c2)CCCO3)C1. The van der Waals surface area contributed by atoms with Gasteiger partial charge in [-0.15, -0.1) is 0 Å². The Kier molecular flexibility index (Phi) is 4.37. The van der Waals surface area contributed by atoms with Crippen molar-refractivity contribution in [1.29, 1.82) is 0 Å². The molecule has 5 nitrogen and oxygen atoms in total. The molecule has 1 amide bonds. The number of rotatable bonds is 2. The zero-order valence-electron chi connectivity index (χ0n) is 14.1. The van der Waals surface area contributed by atoms with E-state index in [9.17, 15) is 4.79 Å². The Balaban J connectivity index is 1.57. The molecule has 0 saturated carbocycles. The van der Waals surface area contributed by atoms with Gasteiger partial charge in [0.1, 0.15) is 23.2 Å². The summed E-state index contributed by atoms with van der Waals surface area (Å²) in [6, 6.07) is 5.98. The number of carbonyl (C=O) groups excluding carboxylic acids is 1. The Morgan fingerprint density at radius 2 is 2.17 bits per heavy atom. The van der Waals surface area contributed by atoms with Crippen molar-refractivity contribution in [1.82, 2.24) is 4.90 Å². The maximum atomic E-state index is 12.1. The summed E-state index contributed by atoms with van der Waals surface area (Å²) in [5.74, 6) is 1.82. The molecule has 0 aliphatic carbocycles. The van der Waals surface area contributed by atoms with Crippen LogP contribution in [0, 0.1) is 0 Å². The summed E-state index contributed by atoms with van der Waals surface area (Å²) in [5, 5.41) is 0. The zero-order chi connectivity index (χ0) is 16.4. The van der Waals surface area contributed by atoms with Gasteiger partial charge in [0, 0.05) is 13.0 Å². The number of fused-ring (bicyclic) bond motifs is 1. The fourth-order valence-corrected chi connectivity index (χ4v) is 2.92. The fraction of sp³-hybridized carbons (Fsp3) is 0.611. The normalized spacial score (nSPS) is 20.7. The van der Waals surface area contributed by atoms with Crippen molar-refractivity contribution in [3.05, 3.63) is 23.8 Å². The van der Waals surface area contributed by atoms with Gasteiger partial charge in [0.15, 0.2) is 0 Å². The molecule has 2 aliphatic heterocycles. The van der Waals surface area contributed by atoms with E-state index in [0.717, 1.165) is 37.4 Å². The molecule has 0 N–H and O–H groups in total. The minimum absolute atomic E-state index is 0.0186. The first-order valence-corrected chi connectivity index (χ1v) is 8.31. The number of ether oxygens (including phenoxy) is 3. The van der Waals surface area contributed by atoms with Crippen LogP contribution in [0.1, 0.15) is 39.2 Å². The number of aryl methyl sites for hydroxylation is 1. The molecule has 1 aromatic rings. The Labute approximate surface area is 137 Å². The van der Waals surface area contributed by atoms with Crippen LogP contribution in [0.15, 0.2) is 18.2 Å². The second kappa shape index (κ2) is 6.30. The average Bonchev–Trinajstić information content (AvgIpc) is 2.94. The second-order valence-corrected chi connectivity index (χ2v) is 7.18. The standard InChI is InChI=1S/C18H25NO4/c1-18(2,3)23-17(20)19-9-8-15(12-19)22-14-6-7-16-13(11-14)5-4-10-21-16/h6-7,11,15H,4-5,8-10,12H2,1-3H3/t15-/m0/s1. The summed E-state index contributed by atoms with van der Waals surface area (Å²) in [6.07, 6.45) is 2.66. The molecule has 1 atom stereocenters. The van der Waals surface area contributed by atoms with Crippen molar-refractivity contribution < 1.29 is 19.0 Å². The van der Waals surface area contributed by atoms with Crippen molar-refractivity contribution >= 4 is 6.09 Å². The number of hydrogen-bond donors (Lipinski definition) is 0. The van der Waals surface area contributed by atoms with Gasteiger partial charge in [-0.05, 0) is 57.4 Å². The lowest BCUT2D eigenvalue weighted by molar-refractivity contribution is 0.0275. The topological polar surface area (TPSA) is 48.0 Å². The van der Waals surface area contributed by atoms with Crippen LogP contribution in [-0.2, 0) is 11.2 Å². The van der Waals surface area contributed by atoms with E-state index in [-0.39, 0.29) is 12.2 Å². The molecule has 2 heterocycles. The Morgan fingerprint density at radius 3 is 2.96 bits per heavy atom. The molecule has 3 rings (SSSR count). The molecule has 126 valence electrons. The summed E-state index contributed by atoms with van der Waals surface area (Å²) in [5.41, 5.74) is 0.741. The van der Waals surface area contributed by atoms with Crippen LogP contribution in [-0.4, -0.2) is 42.4 Å². The molecule has 1 saturated heterocycles. The lowest BCUT2D eigenvalue weighted by Gasteiger charge is -2.24. The predicted molar refractivity (Wildman–Crippen MR) is 87.1 cm³/mol. The Hall–Kier alpha value is -1.91. The number of amides is 1. The van der Waals surface area contributed by atoms with Crippen LogP contribution in [0.3, 0.4) is 0 Å². The first-order chi connectivity index (χ1) is 10.9. The first-order valence-electron chi connectivity index (χ1n) is 8.31. The number of nitrogens with zero attached hydrogens (tertiary/aromatic N) is 1. The minimum atomic E-state index is -0.464. The van der Waals surface area contributed by atoms with Crippen LogP contribution < -0.4 is 9.47 Å². The molecule has 0 bridgehead atoms. The average molecular weight is 319 g/mol. The highest BCUT2D eigenvalue weighted by Gasteiger charge is 2.31. The van der Waals surface area contributed by atoms with E-state index in [4.69, 9.17) is 14.2 Å². The molecule has 1 fully saturated rings. The molecule has 2 aliphatic rings. The van der Waals surface area contributed by atoms with E-state index in [1.807, 2.05) is 32.9 Å². The quantitative estimate of drug-likeness (QED) is 0.838. The zero-order valence-corrected chi connectivity index (χ0v) is 14.1. The predicted octanol–water partition coefficient (Wildman–Crippen LogP) is 3.40. The van der Waals surface area contributed by atoms with E-state index in [0.29, 0.717) is 13.1 Å². The smallest absolute Gasteiger partial charge is 0.410 e. The highest BCUT2D eigenvalue weighted by atomic mass is 16.6. The molecule has 0 radical (unpaired) electrons. The molecule has 1 aromatic carbocycles. The van der Waals surface area contributed by atoms with Crippen LogP contribution in [0.25, 0.3) is 0 Å². The molecule has 5 heteroatoms. The van der Waals surface area contributed by atoms with Crippen molar-refractivity contribution in [2.45, 2.75) is 51.7 Å². The molecule has 0 unspecified atom stereocenters. The van der Waals surface area contributed by atoms with Crippen molar-refractivity contribution in [2.75, 3.05) is 19.7 Å². The highest BCUT2D eigenvalue weighted by Crippen LogP contribution is 2.30. The van der Waals surface area contributed by atoms with E-state index < -0.39 is 5.60 Å². The van der Waals surface area contributed by atoms with Crippen LogP contribution in [0.5, 0.6) is 11.5 Å². The van der Waals surface area contributed by atoms with Crippen molar-refractivity contribution in [3.8, 4) is 11.5 Å². The third kappa shape index (κ3) is 4.09. The molecular weight excluding hydrogens is 294 g/mol. The maximum absolute atomic E-state index is 12.1. The van der Waals surface area contributed by atoms with Gasteiger partial charge in [-0.25, -0.2) is 4.79 Å². The summed E-state index contributed by atoms with van der Waals surface area (Å²) in [7, 11) is 0. The van der Waals surface area contributed by atoms with E-state index in [2.05, 4.69) is 6.07 Å². The van der Waals surface area contributed by atoms with Crippen LogP contribution in [0.2, 0.25) is 0 Å². The second-order valence-electron chi connectivity index (χ2n) is 7.18. The third-order valence-corrected chi connectivity index (χ3v) is 3.98. The molecule has 23 heavy (non-hydrogen) atoms. The van der Waals surface area contributed by atoms with E-state index in [1.54, 1.807) is 4.90 Å². The van der Waals surface area contributed by atoms with Gasteiger partial charge in [0.25, 0.3) is 0 Å². The third-order valence-electron chi connectivity index (χ3n) is 3.98. The number of carbonyl (C=O) groups is 1. The van der Waals surface area contributed by atoms with Gasteiger partial charge < -0.3 is 19.1 Å². The fourth-order valence-electron chi connectivity index (χ4n) is 2.92. The summed E-state index contributed by atoms with van der Waals surface area (Å²) in [6.45, 7) is 7.68. The summed E-state index contributed by atoms with van der Waals surface area (Å²) in [4.78, 5) is 13.8. The van der Waals surface area contributed by atoms with Gasteiger partial charge in [0.05, 0.1) is 13.2 Å². The van der Waals surface area contributed by atoms with Gasteiger partial charge in [-0.1, -0.05) is 0 Å². The molecular formula is C18H25NO4. The Morgan fingerprint density at radius 1 is 1.35 bits per heavy atom. The van der Waals surface area contributed by atoms with Crippen molar-refractivity contribution in [3.63, 3.8) is 0 Å². The summed E-state index contributed by atoms with van der Waals surface area (Å²) >= 11 is 0. The molecule has 0 aromatic heterocycles.